The predicted octanol–water partition coefficient (Wildman–Crippen LogP) is 4.78. The van der Waals surface area contributed by atoms with Gasteiger partial charge in [0.1, 0.15) is 0 Å². The molecule has 2 unspecified atom stereocenters. The largest absolute Gasteiger partial charge is 0.388 e. The fourth-order valence-corrected chi connectivity index (χ4v) is 3.65. The Labute approximate surface area is 138 Å². The van der Waals surface area contributed by atoms with Gasteiger partial charge in [-0.3, -0.25) is 4.99 Å². The summed E-state index contributed by atoms with van der Waals surface area (Å²) in [5, 5.41) is 10.7. The molecular weight excluding hydrogens is 417 g/mol. The predicted molar refractivity (Wildman–Crippen MR) is 95.2 cm³/mol. The molecule has 0 aromatic heterocycles. The molecular formula is C15H21BrINO. The molecule has 1 aliphatic rings. The van der Waals surface area contributed by atoms with E-state index < -0.39 is 6.10 Å². The van der Waals surface area contributed by atoms with Gasteiger partial charge in [-0.05, 0) is 76.1 Å². The minimum absolute atomic E-state index is 0.273. The van der Waals surface area contributed by atoms with Gasteiger partial charge in [-0.25, -0.2) is 0 Å². The van der Waals surface area contributed by atoms with Crippen LogP contribution in [0, 0.1) is 5.92 Å². The van der Waals surface area contributed by atoms with Gasteiger partial charge >= 0.3 is 0 Å². The van der Waals surface area contributed by atoms with Crippen LogP contribution in [0.2, 0.25) is 0 Å². The van der Waals surface area contributed by atoms with Gasteiger partial charge in [-0.2, -0.15) is 0 Å². The number of aliphatic hydroxyl groups excluding tert-OH is 1. The summed E-state index contributed by atoms with van der Waals surface area (Å²) in [5.41, 5.74) is 1.67. The molecule has 0 radical (unpaired) electrons. The monoisotopic (exact) mass is 437 g/mol. The van der Waals surface area contributed by atoms with Gasteiger partial charge in [0.05, 0.1) is 11.8 Å². The Bertz CT molecular complexity index is 391. The van der Waals surface area contributed by atoms with Crippen LogP contribution in [0.25, 0.3) is 0 Å². The van der Waals surface area contributed by atoms with Crippen molar-refractivity contribution in [1.29, 1.82) is 0 Å². The molecule has 1 N–H and O–H groups in total. The first kappa shape index (κ1) is 17.1. The van der Waals surface area contributed by atoms with Crippen LogP contribution in [0.15, 0.2) is 38.6 Å². The van der Waals surface area contributed by atoms with Crippen LogP contribution in [0.3, 0.4) is 0 Å². The van der Waals surface area contributed by atoms with E-state index in [0.29, 0.717) is 4.83 Å². The van der Waals surface area contributed by atoms with Crippen LogP contribution in [0.4, 0.5) is 0 Å². The van der Waals surface area contributed by atoms with E-state index in [1.54, 1.807) is 6.08 Å². The second-order valence-electron chi connectivity index (χ2n) is 4.89. The van der Waals surface area contributed by atoms with Crippen LogP contribution in [-0.4, -0.2) is 22.8 Å². The fraction of sp³-hybridized carbons (Fsp3) is 0.533. The van der Waals surface area contributed by atoms with Gasteiger partial charge in [0.15, 0.2) is 0 Å². The maximum atomic E-state index is 10.7. The topological polar surface area (TPSA) is 32.6 Å². The number of halogens is 2. The van der Waals surface area contributed by atoms with Crippen molar-refractivity contribution < 1.29 is 5.11 Å². The number of hydrogen-bond donors (Lipinski definition) is 1. The summed E-state index contributed by atoms with van der Waals surface area (Å²) in [6, 6.07) is 0. The van der Waals surface area contributed by atoms with E-state index in [9.17, 15) is 5.11 Å². The van der Waals surface area contributed by atoms with Crippen LogP contribution >= 0.6 is 38.5 Å². The average molecular weight is 438 g/mol. The number of aliphatic hydroxyl groups is 1. The molecule has 19 heavy (non-hydrogen) atoms. The molecule has 0 heterocycles. The fourth-order valence-electron chi connectivity index (χ4n) is 2.42. The van der Waals surface area contributed by atoms with Gasteiger partial charge in [0.25, 0.3) is 0 Å². The molecule has 0 aliphatic heterocycles. The number of allylic oxidation sites excluding steroid dienone is 3. The zero-order chi connectivity index (χ0) is 14.4. The lowest BCUT2D eigenvalue weighted by Gasteiger charge is -2.28. The standard InChI is InChI=1S/C15H21BrINO/c1-4-14(18-3)13(8-10(2)16)15(19)11-6-5-7-12(17)9-11/h4,7,10-11,15,19H,1,3,5-6,8-9H2,2H3/b14-13+/t10?,11-,15?/m0/s1. The lowest BCUT2D eigenvalue weighted by atomic mass is 9.84. The molecule has 0 saturated carbocycles. The van der Waals surface area contributed by atoms with Crippen LogP contribution in [0.5, 0.6) is 0 Å². The highest BCUT2D eigenvalue weighted by Crippen LogP contribution is 2.35. The third-order valence-corrected chi connectivity index (χ3v) is 4.56. The van der Waals surface area contributed by atoms with E-state index in [0.717, 1.165) is 37.0 Å². The third-order valence-electron chi connectivity index (χ3n) is 3.36. The summed E-state index contributed by atoms with van der Waals surface area (Å²) >= 11 is 5.91. The van der Waals surface area contributed by atoms with Gasteiger partial charge in [0.2, 0.25) is 0 Å². The Kier molecular flexibility index (Phi) is 7.54. The molecule has 1 aliphatic carbocycles. The van der Waals surface area contributed by atoms with Crippen molar-refractivity contribution in [1.82, 2.24) is 0 Å². The van der Waals surface area contributed by atoms with Crippen molar-refractivity contribution in [2.45, 2.75) is 43.5 Å². The summed E-state index contributed by atoms with van der Waals surface area (Å²) in [6.07, 6.45) is 7.25. The smallest absolute Gasteiger partial charge is 0.0805 e. The Balaban J connectivity index is 2.97. The molecule has 0 bridgehead atoms. The molecule has 0 saturated heterocycles. The number of nitrogens with zero attached hydrogens (tertiary/aromatic N) is 1. The van der Waals surface area contributed by atoms with Gasteiger partial charge in [-0.15, -0.1) is 0 Å². The van der Waals surface area contributed by atoms with E-state index in [1.165, 1.54) is 3.58 Å². The number of aliphatic imine (C=N–C) groups is 1. The molecule has 0 spiro atoms. The zero-order valence-electron chi connectivity index (χ0n) is 11.3. The quantitative estimate of drug-likeness (QED) is 0.276. The highest BCUT2D eigenvalue weighted by atomic mass is 127. The SMILES string of the molecule is C=C/C(N=C)=C(/CC(C)Br)C(O)[C@H]1CCC=C(I)C1. The Hall–Kier alpha value is 0.0600. The van der Waals surface area contributed by atoms with E-state index in [-0.39, 0.29) is 5.92 Å². The van der Waals surface area contributed by atoms with Crippen LogP contribution in [0.1, 0.15) is 32.6 Å². The maximum Gasteiger partial charge on any atom is 0.0805 e. The highest BCUT2D eigenvalue weighted by Gasteiger charge is 2.27. The molecule has 0 fully saturated rings. The van der Waals surface area contributed by atoms with Crippen LogP contribution in [-0.2, 0) is 0 Å². The summed E-state index contributed by atoms with van der Waals surface area (Å²) in [4.78, 5) is 4.31. The summed E-state index contributed by atoms with van der Waals surface area (Å²) in [7, 11) is 0. The lowest BCUT2D eigenvalue weighted by Crippen LogP contribution is -2.26. The second kappa shape index (κ2) is 8.37. The first-order valence-corrected chi connectivity index (χ1v) is 8.47. The summed E-state index contributed by atoms with van der Waals surface area (Å²) in [5.74, 6) is 0.273. The van der Waals surface area contributed by atoms with Gasteiger partial charge in [-0.1, -0.05) is 35.5 Å². The molecule has 4 heteroatoms. The van der Waals surface area contributed by atoms with Crippen LogP contribution < -0.4 is 0 Å². The molecule has 0 amide bonds. The first-order chi connectivity index (χ1) is 8.99. The highest BCUT2D eigenvalue weighted by molar-refractivity contribution is 14.1. The van der Waals surface area contributed by atoms with Crippen molar-refractivity contribution >= 4 is 45.2 Å². The Morgan fingerprint density at radius 2 is 2.42 bits per heavy atom. The normalized spacial score (nSPS) is 24.0. The average Bonchev–Trinajstić information content (AvgIpc) is 2.37. The van der Waals surface area contributed by atoms with Crippen molar-refractivity contribution in [2.24, 2.45) is 10.9 Å². The van der Waals surface area contributed by atoms with Gasteiger partial charge < -0.3 is 5.11 Å². The van der Waals surface area contributed by atoms with Crippen molar-refractivity contribution in [3.8, 4) is 0 Å². The van der Waals surface area contributed by atoms with Crippen molar-refractivity contribution in [3.63, 3.8) is 0 Å². The van der Waals surface area contributed by atoms with E-state index in [1.807, 2.05) is 0 Å². The molecule has 106 valence electrons. The van der Waals surface area contributed by atoms with Crippen molar-refractivity contribution in [3.05, 3.63) is 33.6 Å². The third kappa shape index (κ3) is 5.16. The Morgan fingerprint density at radius 1 is 1.74 bits per heavy atom. The Morgan fingerprint density at radius 3 is 2.89 bits per heavy atom. The number of hydrogen-bond acceptors (Lipinski definition) is 2. The summed E-state index contributed by atoms with van der Waals surface area (Å²) < 4.78 is 1.34. The van der Waals surface area contributed by atoms with E-state index in [4.69, 9.17) is 0 Å². The molecule has 1 rings (SSSR count). The van der Waals surface area contributed by atoms with Crippen molar-refractivity contribution in [2.75, 3.05) is 0 Å². The number of rotatable bonds is 6. The first-order valence-electron chi connectivity index (χ1n) is 6.48. The molecule has 0 aromatic rings. The molecule has 3 atom stereocenters. The molecule has 0 aromatic carbocycles. The molecule has 2 nitrogen and oxygen atoms in total. The minimum atomic E-state index is -0.461. The minimum Gasteiger partial charge on any atom is -0.388 e. The number of alkyl halides is 1. The second-order valence-corrected chi connectivity index (χ2v) is 7.84. The summed E-state index contributed by atoms with van der Waals surface area (Å²) in [6.45, 7) is 9.43. The zero-order valence-corrected chi connectivity index (χ0v) is 15.0. The van der Waals surface area contributed by atoms with Gasteiger partial charge in [0, 0.05) is 4.83 Å². The lowest BCUT2D eigenvalue weighted by molar-refractivity contribution is 0.130. The maximum absolute atomic E-state index is 10.7. The van der Waals surface area contributed by atoms with E-state index >= 15 is 0 Å². The van der Waals surface area contributed by atoms with E-state index in [2.05, 4.69) is 69.8 Å².